The Morgan fingerprint density at radius 3 is 2.14 bits per heavy atom. The van der Waals surface area contributed by atoms with Crippen LogP contribution in [0, 0.1) is 27.7 Å². The highest BCUT2D eigenvalue weighted by molar-refractivity contribution is 6.30. The van der Waals surface area contributed by atoms with Crippen molar-refractivity contribution in [1.82, 2.24) is 5.32 Å². The van der Waals surface area contributed by atoms with Crippen LogP contribution in [0.2, 0.25) is 5.02 Å². The molecule has 2 rings (SSSR count). The zero-order valence-corrected chi connectivity index (χ0v) is 14.3. The van der Waals surface area contributed by atoms with Gasteiger partial charge in [-0.15, -0.1) is 0 Å². The van der Waals surface area contributed by atoms with Crippen molar-refractivity contribution in [2.45, 2.75) is 40.7 Å². The van der Waals surface area contributed by atoms with E-state index < -0.39 is 0 Å². The minimum absolute atomic E-state index is 0.187. The fourth-order valence-corrected chi connectivity index (χ4v) is 3.16. The minimum atomic E-state index is 0.187. The van der Waals surface area contributed by atoms with Crippen LogP contribution < -0.4 is 5.32 Å². The van der Waals surface area contributed by atoms with Gasteiger partial charge in [0.25, 0.3) is 0 Å². The molecule has 21 heavy (non-hydrogen) atoms. The molecule has 0 saturated carbocycles. The van der Waals surface area contributed by atoms with Crippen LogP contribution in [0.3, 0.4) is 0 Å². The molecule has 2 aromatic carbocycles. The molecular weight excluding hydrogens is 278 g/mol. The van der Waals surface area contributed by atoms with Crippen molar-refractivity contribution in [1.29, 1.82) is 0 Å². The summed E-state index contributed by atoms with van der Waals surface area (Å²) in [4.78, 5) is 0. The van der Waals surface area contributed by atoms with E-state index in [0.717, 1.165) is 11.6 Å². The lowest BCUT2D eigenvalue weighted by atomic mass is 9.86. The number of aryl methyl sites for hydroxylation is 2. The number of halogens is 1. The lowest BCUT2D eigenvalue weighted by molar-refractivity contribution is 0.623. The summed E-state index contributed by atoms with van der Waals surface area (Å²) < 4.78 is 0. The Balaban J connectivity index is 2.64. The SMILES string of the molecule is CCNC(c1cccc(Cl)c1)c1c(C)c(C)cc(C)c1C. The van der Waals surface area contributed by atoms with Gasteiger partial charge in [0.15, 0.2) is 0 Å². The van der Waals surface area contributed by atoms with Gasteiger partial charge in [0.2, 0.25) is 0 Å². The highest BCUT2D eigenvalue weighted by atomic mass is 35.5. The average molecular weight is 302 g/mol. The maximum absolute atomic E-state index is 6.19. The van der Waals surface area contributed by atoms with Crippen molar-refractivity contribution in [2.24, 2.45) is 0 Å². The first-order valence-corrected chi connectivity index (χ1v) is 7.89. The van der Waals surface area contributed by atoms with Gasteiger partial charge < -0.3 is 5.32 Å². The first-order chi connectivity index (χ1) is 9.95. The summed E-state index contributed by atoms with van der Waals surface area (Å²) in [5, 5.41) is 4.41. The second kappa shape index (κ2) is 6.64. The Morgan fingerprint density at radius 2 is 1.62 bits per heavy atom. The van der Waals surface area contributed by atoms with Crippen LogP contribution in [-0.2, 0) is 0 Å². The molecule has 0 aliphatic heterocycles. The molecule has 1 unspecified atom stereocenters. The molecule has 0 spiro atoms. The van der Waals surface area contributed by atoms with Gasteiger partial charge in [-0.2, -0.15) is 0 Å². The Kier molecular flexibility index (Phi) is 5.08. The largest absolute Gasteiger partial charge is 0.307 e. The van der Waals surface area contributed by atoms with Crippen molar-refractivity contribution in [2.75, 3.05) is 6.54 Å². The zero-order chi connectivity index (χ0) is 15.6. The number of hydrogen-bond acceptors (Lipinski definition) is 1. The Hall–Kier alpha value is -1.31. The monoisotopic (exact) mass is 301 g/mol. The van der Waals surface area contributed by atoms with Gasteiger partial charge in [0.1, 0.15) is 0 Å². The third-order valence-corrected chi connectivity index (χ3v) is 4.54. The molecule has 2 aromatic rings. The molecule has 1 nitrogen and oxygen atoms in total. The Labute approximate surface area is 133 Å². The van der Waals surface area contributed by atoms with E-state index in [4.69, 9.17) is 11.6 Å². The van der Waals surface area contributed by atoms with E-state index in [1.807, 2.05) is 12.1 Å². The molecule has 0 fully saturated rings. The molecule has 0 amide bonds. The van der Waals surface area contributed by atoms with Gasteiger partial charge in [0.05, 0.1) is 6.04 Å². The third-order valence-electron chi connectivity index (χ3n) is 4.30. The van der Waals surface area contributed by atoms with E-state index in [9.17, 15) is 0 Å². The summed E-state index contributed by atoms with van der Waals surface area (Å²) in [5.74, 6) is 0. The maximum atomic E-state index is 6.19. The molecular formula is C19H24ClN. The Bertz CT molecular complexity index is 620. The lowest BCUT2D eigenvalue weighted by Crippen LogP contribution is -2.24. The average Bonchev–Trinajstić information content (AvgIpc) is 2.44. The van der Waals surface area contributed by atoms with Crippen molar-refractivity contribution in [3.05, 3.63) is 68.7 Å². The first kappa shape index (κ1) is 16.1. The molecule has 2 heteroatoms. The molecule has 0 bridgehead atoms. The van der Waals surface area contributed by atoms with E-state index in [-0.39, 0.29) is 6.04 Å². The van der Waals surface area contributed by atoms with Crippen molar-refractivity contribution in [3.8, 4) is 0 Å². The summed E-state index contributed by atoms with van der Waals surface area (Å²) >= 11 is 6.19. The summed E-state index contributed by atoms with van der Waals surface area (Å²) in [7, 11) is 0. The molecule has 1 N–H and O–H groups in total. The smallest absolute Gasteiger partial charge is 0.0582 e. The molecule has 0 aliphatic carbocycles. The van der Waals surface area contributed by atoms with Crippen LogP contribution >= 0.6 is 11.6 Å². The molecule has 0 aromatic heterocycles. The topological polar surface area (TPSA) is 12.0 Å². The number of hydrogen-bond donors (Lipinski definition) is 1. The summed E-state index contributed by atoms with van der Waals surface area (Å²) in [6.07, 6.45) is 0. The molecule has 0 aliphatic rings. The van der Waals surface area contributed by atoms with Crippen molar-refractivity contribution >= 4 is 11.6 Å². The Morgan fingerprint density at radius 1 is 1.00 bits per heavy atom. The van der Waals surface area contributed by atoms with Crippen LogP contribution in [0.4, 0.5) is 0 Å². The van der Waals surface area contributed by atoms with Crippen LogP contribution in [-0.4, -0.2) is 6.54 Å². The fraction of sp³-hybridized carbons (Fsp3) is 0.368. The number of nitrogens with one attached hydrogen (secondary N) is 1. The first-order valence-electron chi connectivity index (χ1n) is 7.51. The van der Waals surface area contributed by atoms with Crippen LogP contribution in [0.1, 0.15) is 46.3 Å². The maximum Gasteiger partial charge on any atom is 0.0582 e. The zero-order valence-electron chi connectivity index (χ0n) is 13.5. The number of rotatable bonds is 4. The standard InChI is InChI=1S/C19H24ClN/c1-6-21-19(16-8-7-9-17(20)11-16)18-14(4)12(2)10-13(3)15(18)5/h7-11,19,21H,6H2,1-5H3. The fourth-order valence-electron chi connectivity index (χ4n) is 2.96. The highest BCUT2D eigenvalue weighted by Crippen LogP contribution is 2.32. The van der Waals surface area contributed by atoms with Gasteiger partial charge >= 0.3 is 0 Å². The van der Waals surface area contributed by atoms with Crippen molar-refractivity contribution in [3.63, 3.8) is 0 Å². The highest BCUT2D eigenvalue weighted by Gasteiger charge is 2.19. The predicted octanol–water partition coefficient (Wildman–Crippen LogP) is 5.27. The van der Waals surface area contributed by atoms with Crippen LogP contribution in [0.15, 0.2) is 30.3 Å². The number of benzene rings is 2. The quantitative estimate of drug-likeness (QED) is 0.811. The van der Waals surface area contributed by atoms with Gasteiger partial charge in [0, 0.05) is 5.02 Å². The molecule has 0 heterocycles. The summed E-state index contributed by atoms with van der Waals surface area (Å²) in [6.45, 7) is 11.9. The van der Waals surface area contributed by atoms with Gasteiger partial charge in [-0.3, -0.25) is 0 Å². The molecule has 0 radical (unpaired) electrons. The summed E-state index contributed by atoms with van der Waals surface area (Å²) in [6, 6.07) is 10.6. The normalized spacial score (nSPS) is 12.5. The molecule has 1 atom stereocenters. The van der Waals surface area contributed by atoms with E-state index in [0.29, 0.717) is 0 Å². The van der Waals surface area contributed by atoms with E-state index >= 15 is 0 Å². The van der Waals surface area contributed by atoms with Crippen LogP contribution in [0.5, 0.6) is 0 Å². The predicted molar refractivity (Wildman–Crippen MR) is 92.4 cm³/mol. The van der Waals surface area contributed by atoms with Crippen LogP contribution in [0.25, 0.3) is 0 Å². The molecule has 112 valence electrons. The van der Waals surface area contributed by atoms with Gasteiger partial charge in [-0.1, -0.05) is 36.7 Å². The van der Waals surface area contributed by atoms with E-state index in [2.05, 4.69) is 58.1 Å². The third kappa shape index (κ3) is 3.30. The van der Waals surface area contributed by atoms with Gasteiger partial charge in [-0.05, 0) is 79.8 Å². The van der Waals surface area contributed by atoms with E-state index in [1.54, 1.807) is 0 Å². The second-order valence-corrected chi connectivity index (χ2v) is 6.16. The van der Waals surface area contributed by atoms with E-state index in [1.165, 1.54) is 33.4 Å². The van der Waals surface area contributed by atoms with Gasteiger partial charge in [-0.25, -0.2) is 0 Å². The van der Waals surface area contributed by atoms with Crippen molar-refractivity contribution < 1.29 is 0 Å². The minimum Gasteiger partial charge on any atom is -0.307 e. The summed E-state index contributed by atoms with van der Waals surface area (Å²) in [5.41, 5.74) is 8.03. The second-order valence-electron chi connectivity index (χ2n) is 5.72. The molecule has 0 saturated heterocycles. The lowest BCUT2D eigenvalue weighted by Gasteiger charge is -2.25.